The van der Waals surface area contributed by atoms with Crippen molar-refractivity contribution in [1.29, 1.82) is 0 Å². The molecule has 1 fully saturated rings. The van der Waals surface area contributed by atoms with Crippen LogP contribution in [-0.2, 0) is 128 Å². The molecule has 0 radical (unpaired) electrons. The molecule has 0 spiro atoms. The molecular weight excluding hydrogens is 1810 g/mol. The molecular formula is C95H126N12O29S. The topological polar surface area (TPSA) is 659 Å². The van der Waals surface area contributed by atoms with Crippen LogP contribution in [0.2, 0.25) is 0 Å². The predicted octanol–water partition coefficient (Wildman–Crippen LogP) is 3.74. The van der Waals surface area contributed by atoms with Crippen LogP contribution < -0.4 is 58.5 Å². The van der Waals surface area contributed by atoms with E-state index in [0.717, 1.165) is 22.2 Å². The van der Waals surface area contributed by atoms with Gasteiger partial charge in [0.1, 0.15) is 70.8 Å². The van der Waals surface area contributed by atoms with Gasteiger partial charge in [0.25, 0.3) is 0 Å². The Bertz CT molecular complexity index is 4870. The monoisotopic (exact) mass is 1930 g/mol. The quantitative estimate of drug-likeness (QED) is 0.0150. The van der Waals surface area contributed by atoms with Crippen molar-refractivity contribution in [2.75, 3.05) is 31.9 Å². The number of aromatic hydroxyl groups is 5. The summed E-state index contributed by atoms with van der Waals surface area (Å²) in [6.07, 6.45) is -3.43. The Morgan fingerprint density at radius 2 is 0.657 bits per heavy atom. The Morgan fingerprint density at radius 3 is 1.00 bits per heavy atom. The maximum absolute atomic E-state index is 15.0. The molecule has 20 N–H and O–H groups in total. The van der Waals surface area contributed by atoms with Gasteiger partial charge in [-0.15, -0.1) is 11.8 Å². The first-order chi connectivity index (χ1) is 64.8. The highest BCUT2D eigenvalue weighted by Gasteiger charge is 2.39. The average molecular weight is 1930 g/mol. The molecule has 746 valence electrons. The number of unbranched alkanes of at least 4 members (excludes halogenated alkanes) is 4. The van der Waals surface area contributed by atoms with Crippen molar-refractivity contribution in [1.82, 2.24) is 63.4 Å². The highest BCUT2D eigenvalue weighted by molar-refractivity contribution is 8.00. The number of phenolic OH excluding ortho intramolecular Hbond substituents is 5. The first-order valence-electron chi connectivity index (χ1n) is 44.7. The second-order valence-electron chi connectivity index (χ2n) is 32.3. The molecule has 41 nitrogen and oxygen atoms in total. The molecule has 1 heterocycles. The number of aliphatic carboxylic acids is 4. The van der Waals surface area contributed by atoms with Crippen molar-refractivity contribution in [3.05, 3.63) is 149 Å². The largest absolute Gasteiger partial charge is 0.508 e. The summed E-state index contributed by atoms with van der Waals surface area (Å²) in [5.41, 5.74) is 2.79. The zero-order valence-electron chi connectivity index (χ0n) is 75.7. The van der Waals surface area contributed by atoms with E-state index >= 15 is 4.79 Å². The fourth-order valence-corrected chi connectivity index (χ4v) is 15.0. The molecule has 1 aliphatic rings. The number of carbonyl (C=O) groups excluding carboxylic acids is 16. The van der Waals surface area contributed by atoms with Crippen LogP contribution in [0.5, 0.6) is 28.7 Å². The summed E-state index contributed by atoms with van der Waals surface area (Å²) in [7, 11) is 0. The van der Waals surface area contributed by atoms with Crippen molar-refractivity contribution in [2.45, 2.75) is 255 Å². The van der Waals surface area contributed by atoms with Crippen molar-refractivity contribution < 1.29 is 142 Å². The van der Waals surface area contributed by atoms with Crippen LogP contribution in [0.1, 0.15) is 197 Å². The third-order valence-corrected chi connectivity index (χ3v) is 22.7. The number of rotatable bonds is 64. The van der Waals surface area contributed by atoms with Crippen molar-refractivity contribution in [3.8, 4) is 28.7 Å². The van der Waals surface area contributed by atoms with E-state index in [1.165, 1.54) is 97.1 Å². The molecule has 1 unspecified atom stereocenters. The molecule has 0 bridgehead atoms. The van der Waals surface area contributed by atoms with E-state index in [4.69, 9.17) is 5.11 Å². The number of carboxylic acids is 4. The van der Waals surface area contributed by atoms with Crippen LogP contribution in [0.25, 0.3) is 0 Å². The molecule has 13 amide bonds. The number of hydrogen-bond donors (Lipinski definition) is 20. The number of phenols is 5. The first kappa shape index (κ1) is 115. The van der Waals surface area contributed by atoms with Gasteiger partial charge in [-0.25, -0.2) is 0 Å². The molecule has 137 heavy (non-hydrogen) atoms. The first-order valence-corrected chi connectivity index (χ1v) is 45.8. The molecule has 1 saturated heterocycles. The molecule has 1 aliphatic heterocycles. The minimum atomic E-state index is -1.56. The fraction of sp³-hybridized carbons (Fsp3) is 0.474. The molecule has 6 rings (SSSR count). The summed E-state index contributed by atoms with van der Waals surface area (Å²) in [4.78, 5) is 259. The van der Waals surface area contributed by atoms with E-state index in [2.05, 4.69) is 58.5 Å². The molecule has 9 atom stereocenters. The van der Waals surface area contributed by atoms with E-state index < -0.39 is 205 Å². The molecule has 42 heteroatoms. The Labute approximate surface area is 796 Å². The van der Waals surface area contributed by atoms with Gasteiger partial charge in [0.2, 0.25) is 77.3 Å². The van der Waals surface area contributed by atoms with E-state index in [-0.39, 0.29) is 195 Å². The van der Waals surface area contributed by atoms with Crippen molar-refractivity contribution in [2.24, 2.45) is 0 Å². The van der Waals surface area contributed by atoms with Gasteiger partial charge in [0, 0.05) is 115 Å². The highest BCUT2D eigenvalue weighted by Crippen LogP contribution is 2.26. The van der Waals surface area contributed by atoms with Gasteiger partial charge in [0.05, 0.1) is 43.0 Å². The number of nitrogens with zero attached hydrogens (tertiary/aromatic N) is 1. The van der Waals surface area contributed by atoms with Gasteiger partial charge in [-0.1, -0.05) is 94.8 Å². The lowest BCUT2D eigenvalue weighted by molar-refractivity contribution is -0.140. The molecule has 5 aromatic rings. The maximum Gasteiger partial charge on any atom is 0.303 e. The molecule has 0 aromatic heterocycles. The van der Waals surface area contributed by atoms with Gasteiger partial charge in [-0.2, -0.15) is 0 Å². The summed E-state index contributed by atoms with van der Waals surface area (Å²) in [6, 6.07) is 19.2. The lowest BCUT2D eigenvalue weighted by Crippen LogP contribution is -2.57. The number of carboxylic acid groups (broad SMARTS) is 4. The SMILES string of the molecule is C.CCC(=O)CCN1C(=O)CC(SCCNC(=O)[C@H](CCCCCC(=O)[C@H](CCCCNC(=O)[C@H](Cc2ccc(O)cc2)NC(=O)CCC(=O)O)NC(=O)[C@H](Cc2ccc(O)cc2)NC(=O)CCC(=O)O)NC(=O)[C@H](CCCCNC(=O)[C@H](Cc2ccc(O)cc2)NC(=O)CCC(=O)O)NC(=O)[C@H](Cc2ccc(O)cc2)NC(=O)CCC(=O)O)C1=O.CCC(=O)[C@H](Cc1ccc(O)cc1)NC=O. The molecule has 5 aromatic carbocycles. The van der Waals surface area contributed by atoms with Crippen LogP contribution in [0.4, 0.5) is 0 Å². The lowest BCUT2D eigenvalue weighted by Gasteiger charge is -2.26. The Morgan fingerprint density at radius 1 is 0.350 bits per heavy atom. The van der Waals surface area contributed by atoms with Gasteiger partial charge in [-0.3, -0.25) is 101 Å². The third-order valence-electron chi connectivity index (χ3n) is 21.5. The number of likely N-dealkylation sites (tertiary alicyclic amines) is 1. The zero-order chi connectivity index (χ0) is 100. The van der Waals surface area contributed by atoms with Crippen LogP contribution in [-0.4, -0.2) is 255 Å². The van der Waals surface area contributed by atoms with Crippen molar-refractivity contribution in [3.63, 3.8) is 0 Å². The van der Waals surface area contributed by atoms with Crippen LogP contribution >= 0.6 is 11.8 Å². The lowest BCUT2D eigenvalue weighted by atomic mass is 9.98. The van der Waals surface area contributed by atoms with E-state index in [0.29, 0.717) is 41.5 Å². The summed E-state index contributed by atoms with van der Waals surface area (Å²) < 4.78 is 0. The number of nitrogens with one attached hydrogen (secondary N) is 11. The number of benzene rings is 5. The third kappa shape index (κ3) is 46.0. The number of imide groups is 1. The predicted molar refractivity (Wildman–Crippen MR) is 497 cm³/mol. The Balaban J connectivity index is 0.00000208. The van der Waals surface area contributed by atoms with Crippen LogP contribution in [0, 0.1) is 0 Å². The van der Waals surface area contributed by atoms with Crippen LogP contribution in [0.3, 0.4) is 0 Å². The number of carbonyl (C=O) groups is 20. The number of thioether (sulfide) groups is 1. The number of ketones is 3. The maximum atomic E-state index is 15.0. The van der Waals surface area contributed by atoms with Gasteiger partial charge < -0.3 is 104 Å². The van der Waals surface area contributed by atoms with E-state index in [9.17, 15) is 132 Å². The summed E-state index contributed by atoms with van der Waals surface area (Å²) in [5.74, 6) is -15.0. The van der Waals surface area contributed by atoms with Gasteiger partial charge in [0.15, 0.2) is 11.6 Å². The minimum absolute atomic E-state index is 0. The van der Waals surface area contributed by atoms with Crippen LogP contribution in [0.15, 0.2) is 121 Å². The fourth-order valence-electron chi connectivity index (χ4n) is 13.9. The summed E-state index contributed by atoms with van der Waals surface area (Å²) in [6.45, 7) is 3.02. The summed E-state index contributed by atoms with van der Waals surface area (Å²) >= 11 is 1.06. The minimum Gasteiger partial charge on any atom is -0.508 e. The standard InChI is InChI=1S/C82H107N11O26S.C12H15NO3.CH4/c1-2-53(94)38-42-93-71(104)48-66(82(93)119)120-43-41-85-76(113)59(91-79(116)60(92-81(118)64(89-70(103)33-37-75(111)112)47-52-20-28-57(98)29-21-52)12-7-9-40-84-78(115)62(87-68(101)31-35-73(107)108)45-50-16-24-55(96)25-17-50)11-4-3-5-13-65(99)58(90-80(117)63(88-69(102)32-36-74(109)110)46-51-18-26-56(97)27-19-51)10-6-8-39-83-77(114)61(86-67(100)30-34-72(105)106)44-49-14-22-54(95)23-15-49;1-2-12(16)11(13-8-14)7-9-3-5-10(15)6-4-9;/h14-29,58-64,66,95-98H,2-13,30-48H2,1H3,(H,83,114)(H,84,115)(H,85,113)(H,86,100)(H,87,101)(H,88,102)(H,89,103)(H,90,117)(H,91,116)(H,92,118)(H,105,106)(H,107,108)(H,109,110)(H,111,112);3-6,8,11,15H,2,7H2,1H3,(H,13,14);1H4/t58-,59-,60-,61-,62-,63-,64-,66?;11-;/m00./s1. The Hall–Kier alpha value is -14.4. The average Bonchev–Trinajstić information content (AvgIpc) is 1.69. The number of amides is 13. The van der Waals surface area contributed by atoms with Gasteiger partial charge >= 0.3 is 23.9 Å². The highest BCUT2D eigenvalue weighted by atomic mass is 32.2. The second-order valence-corrected chi connectivity index (χ2v) is 33.6. The number of Topliss-reactive ketones (excluding diaryl/α,β-unsaturated/α-hetero) is 3. The summed E-state index contributed by atoms with van der Waals surface area (Å²) in [5, 5.41) is 114. The molecule has 0 saturated carbocycles. The molecule has 0 aliphatic carbocycles. The zero-order valence-corrected chi connectivity index (χ0v) is 76.5. The second kappa shape index (κ2) is 62.3. The van der Waals surface area contributed by atoms with Gasteiger partial charge in [-0.05, 0) is 146 Å². The smallest absolute Gasteiger partial charge is 0.303 e. The normalized spacial score (nSPS) is 13.7. The van der Waals surface area contributed by atoms with E-state index in [1.54, 1.807) is 38.1 Å². The van der Waals surface area contributed by atoms with E-state index in [1.807, 2.05) is 0 Å². The number of hydrogen-bond acceptors (Lipinski definition) is 26. The van der Waals surface area contributed by atoms with Crippen molar-refractivity contribution >= 4 is 130 Å². The Kier molecular flexibility index (Phi) is 52.2.